The fraction of sp³-hybridized carbons (Fsp3) is 0.467. The molecule has 0 saturated heterocycles. The van der Waals surface area contributed by atoms with E-state index >= 15 is 0 Å². The summed E-state index contributed by atoms with van der Waals surface area (Å²) in [5, 5.41) is 3.37. The van der Waals surface area contributed by atoms with Crippen LogP contribution in [-0.2, 0) is 9.53 Å². The zero-order valence-electron chi connectivity index (χ0n) is 12.4. The molecular formula is C15H22N2O3. The van der Waals surface area contributed by atoms with Crippen molar-refractivity contribution in [3.8, 4) is 0 Å². The largest absolute Gasteiger partial charge is 0.452 e. The van der Waals surface area contributed by atoms with E-state index in [0.717, 1.165) is 11.3 Å². The quantitative estimate of drug-likeness (QED) is 0.781. The van der Waals surface area contributed by atoms with Crippen LogP contribution >= 0.6 is 0 Å². The van der Waals surface area contributed by atoms with E-state index in [4.69, 9.17) is 10.5 Å². The summed E-state index contributed by atoms with van der Waals surface area (Å²) in [5.41, 5.74) is 7.08. The van der Waals surface area contributed by atoms with E-state index in [-0.39, 0.29) is 6.04 Å². The minimum Gasteiger partial charge on any atom is -0.452 e. The van der Waals surface area contributed by atoms with Crippen molar-refractivity contribution >= 4 is 17.6 Å². The summed E-state index contributed by atoms with van der Waals surface area (Å²) < 4.78 is 4.84. The first-order valence-electron chi connectivity index (χ1n) is 6.64. The predicted octanol–water partition coefficient (Wildman–Crippen LogP) is 2.09. The molecule has 0 saturated carbocycles. The summed E-state index contributed by atoms with van der Waals surface area (Å²) in [5.74, 6) is -0.735. The Morgan fingerprint density at radius 1 is 1.30 bits per heavy atom. The number of hydrogen-bond acceptors (Lipinski definition) is 4. The van der Waals surface area contributed by atoms with E-state index in [9.17, 15) is 9.59 Å². The summed E-state index contributed by atoms with van der Waals surface area (Å²) in [7, 11) is 0. The van der Waals surface area contributed by atoms with E-state index in [0.29, 0.717) is 11.5 Å². The molecule has 1 aromatic carbocycles. The molecule has 0 aliphatic rings. The van der Waals surface area contributed by atoms with Gasteiger partial charge in [0.25, 0.3) is 5.91 Å². The molecule has 0 radical (unpaired) electrons. The molecule has 0 bridgehead atoms. The number of benzene rings is 1. The maximum absolute atomic E-state index is 11.9. The lowest BCUT2D eigenvalue weighted by Crippen LogP contribution is -2.23. The number of rotatable bonds is 6. The average molecular weight is 278 g/mol. The Morgan fingerprint density at radius 2 is 1.95 bits per heavy atom. The van der Waals surface area contributed by atoms with Gasteiger partial charge in [0.15, 0.2) is 6.61 Å². The minimum absolute atomic E-state index is 0.283. The Bertz CT molecular complexity index is 498. The summed E-state index contributed by atoms with van der Waals surface area (Å²) in [6, 6.07) is 5.65. The maximum atomic E-state index is 11.9. The lowest BCUT2D eigenvalue weighted by molar-refractivity contribution is -0.121. The number of nitrogens with two attached hydrogens (primary N) is 1. The van der Waals surface area contributed by atoms with Crippen molar-refractivity contribution in [2.75, 3.05) is 11.9 Å². The molecule has 1 rings (SSSR count). The first-order chi connectivity index (χ1) is 9.32. The zero-order valence-corrected chi connectivity index (χ0v) is 12.4. The lowest BCUT2D eigenvalue weighted by Gasteiger charge is -2.21. The number of anilines is 1. The third kappa shape index (κ3) is 4.26. The van der Waals surface area contributed by atoms with E-state index in [1.165, 1.54) is 0 Å². The van der Waals surface area contributed by atoms with Gasteiger partial charge in [-0.25, -0.2) is 4.79 Å². The van der Waals surface area contributed by atoms with Gasteiger partial charge in [-0.05, 0) is 37.5 Å². The van der Waals surface area contributed by atoms with Crippen molar-refractivity contribution in [3.63, 3.8) is 0 Å². The Hall–Kier alpha value is -2.04. The van der Waals surface area contributed by atoms with Crippen LogP contribution in [-0.4, -0.2) is 24.5 Å². The Labute approximate surface area is 119 Å². The molecule has 110 valence electrons. The summed E-state index contributed by atoms with van der Waals surface area (Å²) in [6.07, 6.45) is 0. The fourth-order valence-corrected chi connectivity index (χ4v) is 1.64. The van der Waals surface area contributed by atoms with Crippen molar-refractivity contribution in [1.29, 1.82) is 0 Å². The van der Waals surface area contributed by atoms with Crippen molar-refractivity contribution in [1.82, 2.24) is 0 Å². The Morgan fingerprint density at radius 3 is 2.50 bits per heavy atom. The monoisotopic (exact) mass is 278 g/mol. The van der Waals surface area contributed by atoms with Crippen LogP contribution in [0.4, 0.5) is 5.69 Å². The number of ether oxygens (including phenoxy) is 1. The van der Waals surface area contributed by atoms with Crippen LogP contribution < -0.4 is 11.1 Å². The van der Waals surface area contributed by atoms with E-state index in [2.05, 4.69) is 26.1 Å². The molecule has 5 heteroatoms. The molecule has 3 N–H and O–H groups in total. The van der Waals surface area contributed by atoms with Gasteiger partial charge in [0.05, 0.1) is 5.56 Å². The fourth-order valence-electron chi connectivity index (χ4n) is 1.64. The molecule has 0 aliphatic carbocycles. The molecule has 0 aliphatic heterocycles. The molecule has 1 amide bonds. The van der Waals surface area contributed by atoms with Gasteiger partial charge >= 0.3 is 5.97 Å². The van der Waals surface area contributed by atoms with Crippen LogP contribution in [0.25, 0.3) is 0 Å². The topological polar surface area (TPSA) is 81.4 Å². The third-order valence-electron chi connectivity index (χ3n) is 3.28. The molecule has 1 aromatic rings. The van der Waals surface area contributed by atoms with Crippen molar-refractivity contribution in [2.45, 2.75) is 33.7 Å². The molecule has 0 spiro atoms. The summed E-state index contributed by atoms with van der Waals surface area (Å²) in [6.45, 7) is 7.77. The van der Waals surface area contributed by atoms with E-state index in [1.807, 2.05) is 13.0 Å². The van der Waals surface area contributed by atoms with Crippen LogP contribution in [0.5, 0.6) is 0 Å². The second-order valence-corrected chi connectivity index (χ2v) is 5.20. The average Bonchev–Trinajstić information content (AvgIpc) is 2.38. The highest BCUT2D eigenvalue weighted by Crippen LogP contribution is 2.21. The molecule has 0 aromatic heterocycles. The smallest absolute Gasteiger partial charge is 0.338 e. The molecule has 0 heterocycles. The van der Waals surface area contributed by atoms with Crippen LogP contribution in [0.3, 0.4) is 0 Å². The highest BCUT2D eigenvalue weighted by molar-refractivity contribution is 5.94. The van der Waals surface area contributed by atoms with Crippen LogP contribution in [0.2, 0.25) is 0 Å². The predicted molar refractivity (Wildman–Crippen MR) is 78.6 cm³/mol. The van der Waals surface area contributed by atoms with E-state index < -0.39 is 18.5 Å². The Kier molecular flexibility index (Phi) is 5.55. The second kappa shape index (κ2) is 6.93. The number of carbonyl (C=O) groups is 2. The third-order valence-corrected chi connectivity index (χ3v) is 3.28. The number of carbonyl (C=O) groups excluding carboxylic acids is 2. The molecule has 5 nitrogen and oxygen atoms in total. The number of amides is 1. The molecule has 20 heavy (non-hydrogen) atoms. The SMILES string of the molecule is Cc1c(N[C@@H](C)C(C)C)cccc1C(=O)OCC(N)=O. The molecule has 0 fully saturated rings. The number of esters is 1. The molecular weight excluding hydrogens is 256 g/mol. The minimum atomic E-state index is -0.668. The van der Waals surface area contributed by atoms with Gasteiger partial charge in [-0.2, -0.15) is 0 Å². The van der Waals surface area contributed by atoms with E-state index in [1.54, 1.807) is 12.1 Å². The second-order valence-electron chi connectivity index (χ2n) is 5.20. The normalized spacial score (nSPS) is 12.1. The first-order valence-corrected chi connectivity index (χ1v) is 6.64. The number of hydrogen-bond donors (Lipinski definition) is 2. The first kappa shape index (κ1) is 16.0. The van der Waals surface area contributed by atoms with Gasteiger partial charge in [0.2, 0.25) is 0 Å². The zero-order chi connectivity index (χ0) is 15.3. The van der Waals surface area contributed by atoms with Gasteiger partial charge in [-0.1, -0.05) is 19.9 Å². The lowest BCUT2D eigenvalue weighted by atomic mass is 10.0. The van der Waals surface area contributed by atoms with Crippen LogP contribution in [0, 0.1) is 12.8 Å². The summed E-state index contributed by atoms with van der Waals surface area (Å²) >= 11 is 0. The van der Waals surface area contributed by atoms with Crippen molar-refractivity contribution in [2.24, 2.45) is 11.7 Å². The summed E-state index contributed by atoms with van der Waals surface area (Å²) in [4.78, 5) is 22.5. The highest BCUT2D eigenvalue weighted by Gasteiger charge is 2.15. The van der Waals surface area contributed by atoms with Crippen LogP contribution in [0.1, 0.15) is 36.7 Å². The number of primary amides is 1. The Balaban J connectivity index is 2.89. The van der Waals surface area contributed by atoms with Gasteiger partial charge in [-0.15, -0.1) is 0 Å². The maximum Gasteiger partial charge on any atom is 0.338 e. The van der Waals surface area contributed by atoms with Gasteiger partial charge < -0.3 is 15.8 Å². The van der Waals surface area contributed by atoms with Crippen molar-refractivity contribution in [3.05, 3.63) is 29.3 Å². The molecule has 0 unspecified atom stereocenters. The molecule has 1 atom stereocenters. The van der Waals surface area contributed by atoms with Gasteiger partial charge in [0.1, 0.15) is 0 Å². The highest BCUT2D eigenvalue weighted by atomic mass is 16.5. The van der Waals surface area contributed by atoms with Crippen molar-refractivity contribution < 1.29 is 14.3 Å². The van der Waals surface area contributed by atoms with Crippen LogP contribution in [0.15, 0.2) is 18.2 Å². The van der Waals surface area contributed by atoms with Gasteiger partial charge in [-0.3, -0.25) is 4.79 Å². The number of nitrogens with one attached hydrogen (secondary N) is 1. The standard InChI is InChI=1S/C15H22N2O3/c1-9(2)11(4)17-13-7-5-6-12(10(13)3)15(19)20-8-14(16)18/h5-7,9,11,17H,8H2,1-4H3,(H2,16,18)/t11-/m0/s1. The van der Waals surface area contributed by atoms with Gasteiger partial charge in [0, 0.05) is 11.7 Å².